The predicted molar refractivity (Wildman–Crippen MR) is 133 cm³/mol. The van der Waals surface area contributed by atoms with E-state index >= 15 is 0 Å². The van der Waals surface area contributed by atoms with Crippen LogP contribution in [0.2, 0.25) is 0 Å². The second-order valence-electron chi connectivity index (χ2n) is 9.24. The Morgan fingerprint density at radius 2 is 1.26 bits per heavy atom. The van der Waals surface area contributed by atoms with Gasteiger partial charge in [-0.1, -0.05) is 68.3 Å². The summed E-state index contributed by atoms with van der Waals surface area (Å²) in [6, 6.07) is 19.8. The third kappa shape index (κ3) is 5.78. The molecule has 1 aliphatic carbocycles. The van der Waals surface area contributed by atoms with Gasteiger partial charge in [0.25, 0.3) is 0 Å². The van der Waals surface area contributed by atoms with E-state index in [0.29, 0.717) is 5.92 Å². The van der Waals surface area contributed by atoms with Gasteiger partial charge in [-0.2, -0.15) is 8.78 Å². The zero-order chi connectivity index (χ0) is 23.9. The Labute approximate surface area is 201 Å². The van der Waals surface area contributed by atoms with Crippen LogP contribution in [0.5, 0.6) is 11.5 Å². The molecule has 1 aliphatic rings. The van der Waals surface area contributed by atoms with Crippen LogP contribution in [0.3, 0.4) is 0 Å². The van der Waals surface area contributed by atoms with Gasteiger partial charge < -0.3 is 9.47 Å². The molecular weight excluding hydrogens is 430 g/mol. The van der Waals surface area contributed by atoms with Gasteiger partial charge in [-0.05, 0) is 78.8 Å². The minimum Gasteiger partial charge on any atom is -0.491 e. The number of hydrogen-bond donors (Lipinski definition) is 0. The van der Waals surface area contributed by atoms with E-state index in [2.05, 4.69) is 31.2 Å². The van der Waals surface area contributed by atoms with E-state index < -0.39 is 11.6 Å². The molecule has 0 unspecified atom stereocenters. The van der Waals surface area contributed by atoms with E-state index in [0.717, 1.165) is 17.0 Å². The van der Waals surface area contributed by atoms with E-state index in [1.54, 1.807) is 6.92 Å². The largest absolute Gasteiger partial charge is 0.491 e. The SMILES string of the molecule is CCCC1CCC(c2ccc(-c3ccc(COc4ccc(OCC)c(F)c4F)cc3)cc2)CC1. The quantitative estimate of drug-likeness (QED) is 0.315. The van der Waals surface area contributed by atoms with Gasteiger partial charge in [-0.25, -0.2) is 0 Å². The molecule has 0 N–H and O–H groups in total. The number of halogens is 2. The van der Waals surface area contributed by atoms with Crippen molar-refractivity contribution < 1.29 is 18.3 Å². The minimum atomic E-state index is -1.03. The van der Waals surface area contributed by atoms with Crippen molar-refractivity contribution in [2.24, 2.45) is 5.92 Å². The van der Waals surface area contributed by atoms with Crippen molar-refractivity contribution in [1.82, 2.24) is 0 Å². The lowest BCUT2D eigenvalue weighted by Gasteiger charge is -2.28. The van der Waals surface area contributed by atoms with Crippen LogP contribution in [0.1, 0.15) is 69.4 Å². The van der Waals surface area contributed by atoms with Gasteiger partial charge in [0.15, 0.2) is 11.5 Å². The minimum absolute atomic E-state index is 0.105. The van der Waals surface area contributed by atoms with Crippen molar-refractivity contribution >= 4 is 0 Å². The molecule has 0 heterocycles. The first kappa shape index (κ1) is 24.3. The number of rotatable bonds is 9. The molecule has 180 valence electrons. The molecule has 3 aromatic carbocycles. The normalized spacial score (nSPS) is 18.0. The number of hydrogen-bond acceptors (Lipinski definition) is 2. The fraction of sp³-hybridized carbons (Fsp3) is 0.400. The smallest absolute Gasteiger partial charge is 0.204 e. The van der Waals surface area contributed by atoms with Crippen LogP contribution in [-0.2, 0) is 6.61 Å². The molecule has 0 aromatic heterocycles. The zero-order valence-corrected chi connectivity index (χ0v) is 20.2. The van der Waals surface area contributed by atoms with Gasteiger partial charge in [0.05, 0.1) is 6.61 Å². The second kappa shape index (κ2) is 11.5. The van der Waals surface area contributed by atoms with Crippen molar-refractivity contribution in [2.75, 3.05) is 6.61 Å². The fourth-order valence-corrected chi connectivity index (χ4v) is 4.99. The van der Waals surface area contributed by atoms with Crippen molar-refractivity contribution in [3.8, 4) is 22.6 Å². The van der Waals surface area contributed by atoms with Crippen molar-refractivity contribution in [1.29, 1.82) is 0 Å². The lowest BCUT2D eigenvalue weighted by Crippen LogP contribution is -2.13. The van der Waals surface area contributed by atoms with Crippen molar-refractivity contribution in [3.05, 3.63) is 83.4 Å². The first-order valence-corrected chi connectivity index (χ1v) is 12.5. The molecule has 0 bridgehead atoms. The van der Waals surface area contributed by atoms with Gasteiger partial charge in [0, 0.05) is 0 Å². The lowest BCUT2D eigenvalue weighted by atomic mass is 9.77. The summed E-state index contributed by atoms with van der Waals surface area (Å²) in [5.41, 5.74) is 4.64. The van der Waals surface area contributed by atoms with Crippen LogP contribution in [-0.4, -0.2) is 6.61 Å². The summed E-state index contributed by atoms with van der Waals surface area (Å²) >= 11 is 0. The molecule has 0 amide bonds. The Morgan fingerprint density at radius 1 is 0.706 bits per heavy atom. The van der Waals surface area contributed by atoms with E-state index in [-0.39, 0.29) is 24.7 Å². The Hall–Kier alpha value is -2.88. The molecule has 0 saturated heterocycles. The molecule has 0 radical (unpaired) electrons. The fourth-order valence-electron chi connectivity index (χ4n) is 4.99. The van der Waals surface area contributed by atoms with Gasteiger partial charge >= 0.3 is 0 Å². The van der Waals surface area contributed by atoms with E-state index in [4.69, 9.17) is 9.47 Å². The summed E-state index contributed by atoms with van der Waals surface area (Å²) in [6.45, 7) is 4.43. The lowest BCUT2D eigenvalue weighted by molar-refractivity contribution is 0.274. The van der Waals surface area contributed by atoms with Crippen LogP contribution in [0.4, 0.5) is 8.78 Å². The third-order valence-electron chi connectivity index (χ3n) is 6.92. The van der Waals surface area contributed by atoms with Gasteiger partial charge in [-0.15, -0.1) is 0 Å². The van der Waals surface area contributed by atoms with E-state index in [1.807, 2.05) is 24.3 Å². The van der Waals surface area contributed by atoms with Crippen LogP contribution in [0.25, 0.3) is 11.1 Å². The summed E-state index contributed by atoms with van der Waals surface area (Å²) in [5.74, 6) is -0.660. The summed E-state index contributed by atoms with van der Waals surface area (Å²) in [4.78, 5) is 0. The number of ether oxygens (including phenoxy) is 2. The molecule has 0 spiro atoms. The highest BCUT2D eigenvalue weighted by atomic mass is 19.2. The van der Waals surface area contributed by atoms with Crippen LogP contribution in [0.15, 0.2) is 60.7 Å². The highest BCUT2D eigenvalue weighted by Crippen LogP contribution is 2.38. The van der Waals surface area contributed by atoms with Gasteiger partial charge in [-0.3, -0.25) is 0 Å². The first-order chi connectivity index (χ1) is 16.6. The van der Waals surface area contributed by atoms with Crippen LogP contribution >= 0.6 is 0 Å². The van der Waals surface area contributed by atoms with E-state index in [9.17, 15) is 8.78 Å². The van der Waals surface area contributed by atoms with Crippen LogP contribution < -0.4 is 9.47 Å². The highest BCUT2D eigenvalue weighted by molar-refractivity contribution is 5.64. The average molecular weight is 465 g/mol. The molecule has 2 nitrogen and oxygen atoms in total. The maximum absolute atomic E-state index is 14.2. The molecule has 1 fully saturated rings. The number of benzene rings is 3. The standard InChI is InChI=1S/C30H34F2O2/c1-3-5-21-6-10-23(11-7-21)25-14-16-26(17-15-25)24-12-8-22(9-13-24)20-34-28-19-18-27(33-4-2)29(31)30(28)32/h8-9,12-19,21,23H,3-7,10-11,20H2,1-2H3. The predicted octanol–water partition coefficient (Wildman–Crippen LogP) is 8.68. The average Bonchev–Trinajstić information content (AvgIpc) is 2.88. The maximum Gasteiger partial charge on any atom is 0.204 e. The molecule has 34 heavy (non-hydrogen) atoms. The van der Waals surface area contributed by atoms with E-state index in [1.165, 1.54) is 61.8 Å². The Bertz CT molecular complexity index is 1050. The zero-order valence-electron chi connectivity index (χ0n) is 20.2. The molecule has 0 aliphatic heterocycles. The Balaban J connectivity index is 1.34. The molecular formula is C30H34F2O2. The summed E-state index contributed by atoms with van der Waals surface area (Å²) in [7, 11) is 0. The third-order valence-corrected chi connectivity index (χ3v) is 6.92. The van der Waals surface area contributed by atoms with Crippen molar-refractivity contribution in [3.63, 3.8) is 0 Å². The summed E-state index contributed by atoms with van der Waals surface area (Å²) < 4.78 is 38.8. The molecule has 3 aromatic rings. The Morgan fingerprint density at radius 3 is 1.82 bits per heavy atom. The molecule has 4 rings (SSSR count). The molecule has 4 heteroatoms. The Kier molecular flexibility index (Phi) is 8.21. The van der Waals surface area contributed by atoms with Crippen molar-refractivity contribution in [2.45, 2.75) is 64.9 Å². The van der Waals surface area contributed by atoms with Gasteiger partial charge in [0.1, 0.15) is 6.61 Å². The monoisotopic (exact) mass is 464 g/mol. The summed E-state index contributed by atoms with van der Waals surface area (Å²) in [6.07, 6.45) is 7.99. The summed E-state index contributed by atoms with van der Waals surface area (Å²) in [5, 5.41) is 0. The first-order valence-electron chi connectivity index (χ1n) is 12.5. The second-order valence-corrected chi connectivity index (χ2v) is 9.24. The highest BCUT2D eigenvalue weighted by Gasteiger charge is 2.21. The maximum atomic E-state index is 14.2. The van der Waals surface area contributed by atoms with Crippen LogP contribution in [0, 0.1) is 17.6 Å². The molecule has 1 saturated carbocycles. The molecule has 0 atom stereocenters. The topological polar surface area (TPSA) is 18.5 Å². The van der Waals surface area contributed by atoms with Gasteiger partial charge in [0.2, 0.25) is 11.6 Å².